The van der Waals surface area contributed by atoms with Gasteiger partial charge in [-0.2, -0.15) is 0 Å². The fourth-order valence-corrected chi connectivity index (χ4v) is 2.55. The maximum atomic E-state index is 12.0. The number of nitrogens with zero attached hydrogens (tertiary/aromatic N) is 1. The second-order valence-electron chi connectivity index (χ2n) is 5.25. The van der Waals surface area contributed by atoms with Crippen LogP contribution in [-0.4, -0.2) is 28.7 Å². The zero-order chi connectivity index (χ0) is 17.3. The van der Waals surface area contributed by atoms with Crippen molar-refractivity contribution in [1.82, 2.24) is 15.0 Å². The molecule has 24 heavy (non-hydrogen) atoms. The van der Waals surface area contributed by atoms with Gasteiger partial charge in [0.05, 0.1) is 24.9 Å². The van der Waals surface area contributed by atoms with E-state index in [1.54, 1.807) is 13.2 Å². The number of nitrogens with one attached hydrogen (secondary N) is 2. The van der Waals surface area contributed by atoms with Crippen molar-refractivity contribution in [2.45, 2.75) is 13.8 Å². The molecule has 124 valence electrons. The van der Waals surface area contributed by atoms with Crippen LogP contribution in [0.1, 0.15) is 12.5 Å². The molecule has 0 saturated heterocycles. The zero-order valence-electron chi connectivity index (χ0n) is 13.6. The molecule has 0 aliphatic rings. The van der Waals surface area contributed by atoms with Gasteiger partial charge in [0.25, 0.3) is 5.56 Å². The summed E-state index contributed by atoms with van der Waals surface area (Å²) >= 11 is 0. The van der Waals surface area contributed by atoms with Crippen molar-refractivity contribution in [1.29, 1.82) is 0 Å². The Morgan fingerprint density at radius 3 is 2.62 bits per heavy atom. The summed E-state index contributed by atoms with van der Waals surface area (Å²) in [5.41, 5.74) is 1.72. The summed E-state index contributed by atoms with van der Waals surface area (Å²) in [4.78, 5) is 32.6. The van der Waals surface area contributed by atoms with Crippen LogP contribution in [0.15, 0.2) is 33.9 Å². The monoisotopic (exact) mass is 327 g/mol. The number of benzene rings is 1. The molecule has 0 aliphatic heterocycles. The van der Waals surface area contributed by atoms with Crippen molar-refractivity contribution in [3.05, 3.63) is 50.7 Å². The fourth-order valence-electron chi connectivity index (χ4n) is 2.55. The molecule has 0 amide bonds. The van der Waals surface area contributed by atoms with E-state index in [-0.39, 0.29) is 5.52 Å². The second kappa shape index (κ2) is 6.19. The average Bonchev–Trinajstić information content (AvgIpc) is 2.56. The third-order valence-electron chi connectivity index (χ3n) is 3.66. The number of aryl methyl sites for hydroxylation is 1. The van der Waals surface area contributed by atoms with Gasteiger partial charge < -0.3 is 14.5 Å². The van der Waals surface area contributed by atoms with Gasteiger partial charge in [0.15, 0.2) is 17.0 Å². The Kier molecular flexibility index (Phi) is 4.07. The van der Waals surface area contributed by atoms with E-state index in [0.29, 0.717) is 29.3 Å². The maximum Gasteiger partial charge on any atom is 0.326 e. The largest absolute Gasteiger partial charge is 0.493 e. The molecule has 2 N–H and O–H groups in total. The second-order valence-corrected chi connectivity index (χ2v) is 5.25. The third-order valence-corrected chi connectivity index (χ3v) is 3.66. The van der Waals surface area contributed by atoms with E-state index in [9.17, 15) is 9.59 Å². The summed E-state index contributed by atoms with van der Waals surface area (Å²) in [7, 11) is 1.58. The molecule has 0 atom stereocenters. The number of methoxy groups -OCH3 is 1. The minimum atomic E-state index is -0.548. The van der Waals surface area contributed by atoms with Gasteiger partial charge in [0.2, 0.25) is 0 Å². The van der Waals surface area contributed by atoms with Crippen molar-refractivity contribution in [3.8, 4) is 22.8 Å². The topological polar surface area (TPSA) is 97.1 Å². The molecule has 7 heteroatoms. The van der Waals surface area contributed by atoms with Gasteiger partial charge in [0.1, 0.15) is 0 Å². The van der Waals surface area contributed by atoms with Gasteiger partial charge >= 0.3 is 5.69 Å². The molecular formula is C17H17N3O4. The molecular weight excluding hydrogens is 310 g/mol. The van der Waals surface area contributed by atoms with Crippen LogP contribution in [0.4, 0.5) is 0 Å². The quantitative estimate of drug-likeness (QED) is 0.764. The highest BCUT2D eigenvalue weighted by molar-refractivity contribution is 5.80. The highest BCUT2D eigenvalue weighted by atomic mass is 16.5. The zero-order valence-corrected chi connectivity index (χ0v) is 13.6. The number of aromatic nitrogens is 3. The third kappa shape index (κ3) is 2.76. The number of ether oxygens (including phenoxy) is 2. The maximum absolute atomic E-state index is 12.0. The van der Waals surface area contributed by atoms with Crippen LogP contribution in [0.3, 0.4) is 0 Å². The molecule has 3 aromatic rings. The first-order valence-electron chi connectivity index (χ1n) is 7.48. The standard InChI is InChI=1S/C17H17N3O4/c1-4-24-13-8-10(5-6-12(13)23-3)11-7-9(2)14-15(18-11)16(21)20-17(22)19-14/h5-8H,4H2,1-3H3,(H2,19,20,21,22). The molecule has 7 nitrogen and oxygen atoms in total. The Balaban J connectivity index is 2.21. The van der Waals surface area contributed by atoms with E-state index in [1.165, 1.54) is 0 Å². The van der Waals surface area contributed by atoms with Gasteiger partial charge in [-0.05, 0) is 43.7 Å². The summed E-state index contributed by atoms with van der Waals surface area (Å²) in [6, 6.07) is 7.26. The molecule has 2 aromatic heterocycles. The molecule has 0 spiro atoms. The van der Waals surface area contributed by atoms with Crippen molar-refractivity contribution in [2.24, 2.45) is 0 Å². The average molecular weight is 327 g/mol. The summed E-state index contributed by atoms with van der Waals surface area (Å²) in [5, 5.41) is 0. The summed E-state index contributed by atoms with van der Waals surface area (Å²) in [5.74, 6) is 1.23. The van der Waals surface area contributed by atoms with E-state index in [0.717, 1.165) is 11.1 Å². The van der Waals surface area contributed by atoms with Crippen LogP contribution in [0.2, 0.25) is 0 Å². The van der Waals surface area contributed by atoms with Crippen LogP contribution >= 0.6 is 0 Å². The Bertz CT molecular complexity index is 1020. The number of rotatable bonds is 4. The normalized spacial score (nSPS) is 10.8. The fraction of sp³-hybridized carbons (Fsp3) is 0.235. The lowest BCUT2D eigenvalue weighted by atomic mass is 10.1. The van der Waals surface area contributed by atoms with Gasteiger partial charge in [0, 0.05) is 5.56 Å². The predicted molar refractivity (Wildman–Crippen MR) is 90.9 cm³/mol. The number of aromatic amines is 2. The van der Waals surface area contributed by atoms with E-state index in [4.69, 9.17) is 9.47 Å². The molecule has 0 fully saturated rings. The lowest BCUT2D eigenvalue weighted by Crippen LogP contribution is -2.23. The van der Waals surface area contributed by atoms with Gasteiger partial charge in [-0.3, -0.25) is 9.78 Å². The van der Waals surface area contributed by atoms with Gasteiger partial charge in [-0.25, -0.2) is 9.78 Å². The highest BCUT2D eigenvalue weighted by Gasteiger charge is 2.12. The molecule has 0 radical (unpaired) electrons. The van der Waals surface area contributed by atoms with Crippen LogP contribution in [0.5, 0.6) is 11.5 Å². The number of pyridine rings is 1. The Labute approximate surface area is 137 Å². The van der Waals surface area contributed by atoms with Gasteiger partial charge in [-0.1, -0.05) is 0 Å². The number of hydrogen-bond donors (Lipinski definition) is 2. The lowest BCUT2D eigenvalue weighted by Gasteiger charge is -2.11. The molecule has 1 aromatic carbocycles. The number of fused-ring (bicyclic) bond motifs is 1. The summed E-state index contributed by atoms with van der Waals surface area (Å²) in [6.07, 6.45) is 0. The highest BCUT2D eigenvalue weighted by Crippen LogP contribution is 2.32. The Morgan fingerprint density at radius 2 is 1.92 bits per heavy atom. The van der Waals surface area contributed by atoms with Crippen LogP contribution < -0.4 is 20.7 Å². The molecule has 2 heterocycles. The first-order valence-corrected chi connectivity index (χ1v) is 7.48. The van der Waals surface area contributed by atoms with Crippen molar-refractivity contribution < 1.29 is 9.47 Å². The molecule has 3 rings (SSSR count). The molecule has 0 aliphatic carbocycles. The first-order chi connectivity index (χ1) is 11.5. The van der Waals surface area contributed by atoms with Crippen molar-refractivity contribution in [3.63, 3.8) is 0 Å². The van der Waals surface area contributed by atoms with Crippen LogP contribution in [-0.2, 0) is 0 Å². The minimum Gasteiger partial charge on any atom is -0.493 e. The smallest absolute Gasteiger partial charge is 0.326 e. The Morgan fingerprint density at radius 1 is 1.12 bits per heavy atom. The van der Waals surface area contributed by atoms with E-state index in [2.05, 4.69) is 15.0 Å². The lowest BCUT2D eigenvalue weighted by molar-refractivity contribution is 0.311. The molecule has 0 bridgehead atoms. The van der Waals surface area contributed by atoms with E-state index < -0.39 is 11.2 Å². The predicted octanol–water partition coefficient (Wildman–Crippen LogP) is 1.99. The van der Waals surface area contributed by atoms with Crippen LogP contribution in [0.25, 0.3) is 22.3 Å². The summed E-state index contributed by atoms with van der Waals surface area (Å²) < 4.78 is 10.9. The first kappa shape index (κ1) is 15.8. The van der Waals surface area contributed by atoms with E-state index in [1.807, 2.05) is 32.0 Å². The van der Waals surface area contributed by atoms with Crippen molar-refractivity contribution >= 4 is 11.0 Å². The molecule has 0 unspecified atom stereocenters. The summed E-state index contributed by atoms with van der Waals surface area (Å²) in [6.45, 7) is 4.21. The minimum absolute atomic E-state index is 0.193. The number of hydrogen-bond acceptors (Lipinski definition) is 5. The van der Waals surface area contributed by atoms with Crippen LogP contribution in [0, 0.1) is 6.92 Å². The molecule has 0 saturated carbocycles. The van der Waals surface area contributed by atoms with E-state index >= 15 is 0 Å². The SMILES string of the molecule is CCOc1cc(-c2cc(C)c3[nH]c(=O)[nH]c(=O)c3n2)ccc1OC. The number of H-pyrrole nitrogens is 2. The van der Waals surface area contributed by atoms with Gasteiger partial charge in [-0.15, -0.1) is 0 Å². The van der Waals surface area contributed by atoms with Crippen molar-refractivity contribution in [2.75, 3.05) is 13.7 Å². The Hall–Kier alpha value is -3.09.